The summed E-state index contributed by atoms with van der Waals surface area (Å²) in [5.41, 5.74) is 1.56. The summed E-state index contributed by atoms with van der Waals surface area (Å²) in [5, 5.41) is 8.50. The third-order valence-electron chi connectivity index (χ3n) is 1.83. The quantitative estimate of drug-likeness (QED) is 0.796. The van der Waals surface area contributed by atoms with Crippen LogP contribution in [0, 0.1) is 0 Å². The van der Waals surface area contributed by atoms with E-state index in [-0.39, 0.29) is 0 Å². The molecule has 0 amide bonds. The Bertz CT molecular complexity index is 484. The van der Waals surface area contributed by atoms with E-state index in [1.54, 1.807) is 23.0 Å². The summed E-state index contributed by atoms with van der Waals surface area (Å²) < 4.78 is 2.53. The first-order valence-electron chi connectivity index (χ1n) is 4.13. The molecule has 0 aliphatic rings. The molecule has 2 rings (SSSR count). The summed E-state index contributed by atoms with van der Waals surface area (Å²) in [5.74, 6) is 0.345. The van der Waals surface area contributed by atoms with Crippen LogP contribution in [0.2, 0.25) is 5.02 Å². The number of rotatable bonds is 2. The van der Waals surface area contributed by atoms with E-state index in [1.807, 2.05) is 6.07 Å². The first kappa shape index (κ1) is 10.9. The van der Waals surface area contributed by atoms with E-state index < -0.39 is 0 Å². The molecule has 0 N–H and O–H groups in total. The topological polar surface area (TPSA) is 30.7 Å². The molecule has 0 bridgehead atoms. The van der Waals surface area contributed by atoms with Gasteiger partial charge in [0.15, 0.2) is 0 Å². The van der Waals surface area contributed by atoms with Crippen molar-refractivity contribution in [1.29, 1.82) is 0 Å². The third kappa shape index (κ3) is 2.33. The van der Waals surface area contributed by atoms with Gasteiger partial charge in [0.25, 0.3) is 0 Å². The maximum Gasteiger partial charge on any atom is 0.0979 e. The smallest absolute Gasteiger partial charge is 0.0979 e. The second-order valence-electron chi connectivity index (χ2n) is 2.88. The number of halogens is 3. The van der Waals surface area contributed by atoms with Crippen LogP contribution in [0.1, 0.15) is 5.69 Å². The molecule has 1 heterocycles. The van der Waals surface area contributed by atoms with Crippen molar-refractivity contribution in [3.8, 4) is 5.69 Å². The first-order valence-corrected chi connectivity index (χ1v) is 5.84. The highest BCUT2D eigenvalue weighted by Crippen LogP contribution is 2.24. The molecule has 0 radical (unpaired) electrons. The predicted octanol–water partition coefficient (Wildman–Crippen LogP) is 3.42. The number of hydrogen-bond donors (Lipinski definition) is 0. The van der Waals surface area contributed by atoms with Crippen molar-refractivity contribution in [3.63, 3.8) is 0 Å². The zero-order chi connectivity index (χ0) is 10.8. The van der Waals surface area contributed by atoms with Crippen LogP contribution in [-0.2, 0) is 5.88 Å². The molecular formula is C9H6BrCl2N3. The number of nitrogens with zero attached hydrogens (tertiary/aromatic N) is 3. The summed E-state index contributed by atoms with van der Waals surface area (Å²) in [4.78, 5) is 0. The monoisotopic (exact) mass is 305 g/mol. The van der Waals surface area contributed by atoms with Crippen molar-refractivity contribution in [3.05, 3.63) is 39.6 Å². The lowest BCUT2D eigenvalue weighted by molar-refractivity contribution is 0.797. The molecule has 0 saturated heterocycles. The maximum absolute atomic E-state index is 5.90. The van der Waals surface area contributed by atoms with E-state index in [1.165, 1.54) is 0 Å². The van der Waals surface area contributed by atoms with Gasteiger partial charge in [-0.1, -0.05) is 16.8 Å². The lowest BCUT2D eigenvalue weighted by Crippen LogP contribution is -1.95. The molecule has 78 valence electrons. The average Bonchev–Trinajstić information content (AvgIpc) is 2.70. The number of alkyl halides is 1. The number of hydrogen-bond acceptors (Lipinski definition) is 2. The predicted molar refractivity (Wildman–Crippen MR) is 63.6 cm³/mol. The largest absolute Gasteiger partial charge is 0.219 e. The van der Waals surface area contributed by atoms with Gasteiger partial charge < -0.3 is 0 Å². The van der Waals surface area contributed by atoms with Crippen LogP contribution in [-0.4, -0.2) is 15.0 Å². The normalized spacial score (nSPS) is 10.6. The molecule has 0 spiro atoms. The SMILES string of the molecule is ClCc1cn(-c2cc(Cl)ccc2Br)nn1. The van der Waals surface area contributed by atoms with E-state index in [2.05, 4.69) is 26.2 Å². The van der Waals surface area contributed by atoms with Crippen molar-refractivity contribution in [2.75, 3.05) is 0 Å². The third-order valence-corrected chi connectivity index (χ3v) is 3.01. The van der Waals surface area contributed by atoms with Gasteiger partial charge in [-0.3, -0.25) is 0 Å². The second-order valence-corrected chi connectivity index (χ2v) is 4.44. The van der Waals surface area contributed by atoms with Crippen molar-refractivity contribution in [2.24, 2.45) is 0 Å². The second kappa shape index (κ2) is 4.51. The van der Waals surface area contributed by atoms with E-state index in [9.17, 15) is 0 Å². The lowest BCUT2D eigenvalue weighted by atomic mass is 10.3. The fraction of sp³-hybridized carbons (Fsp3) is 0.111. The zero-order valence-electron chi connectivity index (χ0n) is 7.49. The van der Waals surface area contributed by atoms with Gasteiger partial charge in [0, 0.05) is 9.50 Å². The van der Waals surface area contributed by atoms with Gasteiger partial charge >= 0.3 is 0 Å². The van der Waals surface area contributed by atoms with E-state index in [4.69, 9.17) is 23.2 Å². The fourth-order valence-corrected chi connectivity index (χ4v) is 1.86. The summed E-state index contributed by atoms with van der Waals surface area (Å²) in [7, 11) is 0. The van der Waals surface area contributed by atoms with Gasteiger partial charge in [0.1, 0.15) is 0 Å². The summed E-state index contributed by atoms with van der Waals surface area (Å²) >= 11 is 15.0. The molecule has 2 aromatic rings. The molecule has 0 saturated carbocycles. The van der Waals surface area contributed by atoms with Crippen molar-refractivity contribution >= 4 is 39.1 Å². The van der Waals surface area contributed by atoms with Crippen LogP contribution in [0.5, 0.6) is 0 Å². The fourth-order valence-electron chi connectivity index (χ4n) is 1.14. The number of benzene rings is 1. The van der Waals surface area contributed by atoms with Crippen LogP contribution >= 0.6 is 39.1 Å². The molecule has 0 aliphatic carbocycles. The Morgan fingerprint density at radius 3 is 2.87 bits per heavy atom. The first-order chi connectivity index (χ1) is 7.20. The highest BCUT2D eigenvalue weighted by atomic mass is 79.9. The highest BCUT2D eigenvalue weighted by Gasteiger charge is 2.06. The highest BCUT2D eigenvalue weighted by molar-refractivity contribution is 9.10. The van der Waals surface area contributed by atoms with Crippen LogP contribution in [0.15, 0.2) is 28.9 Å². The van der Waals surface area contributed by atoms with Gasteiger partial charge in [-0.15, -0.1) is 16.7 Å². The van der Waals surface area contributed by atoms with Gasteiger partial charge in [-0.05, 0) is 34.1 Å². The molecule has 15 heavy (non-hydrogen) atoms. The van der Waals surface area contributed by atoms with Crippen LogP contribution in [0.25, 0.3) is 5.69 Å². The van der Waals surface area contributed by atoms with Gasteiger partial charge in [0.05, 0.1) is 23.5 Å². The summed E-state index contributed by atoms with van der Waals surface area (Å²) in [6, 6.07) is 5.46. The maximum atomic E-state index is 5.90. The zero-order valence-corrected chi connectivity index (χ0v) is 10.6. The van der Waals surface area contributed by atoms with Crippen LogP contribution < -0.4 is 0 Å². The minimum absolute atomic E-state index is 0.345. The standard InChI is InChI=1S/C9H6BrCl2N3/c10-8-2-1-6(12)3-9(8)15-5-7(4-11)13-14-15/h1-3,5H,4H2. The van der Waals surface area contributed by atoms with Gasteiger partial charge in [-0.2, -0.15) is 0 Å². The van der Waals surface area contributed by atoms with Crippen molar-refractivity contribution in [1.82, 2.24) is 15.0 Å². The van der Waals surface area contributed by atoms with Crippen LogP contribution in [0.3, 0.4) is 0 Å². The van der Waals surface area contributed by atoms with Crippen molar-refractivity contribution < 1.29 is 0 Å². The Morgan fingerprint density at radius 2 is 2.20 bits per heavy atom. The van der Waals surface area contributed by atoms with E-state index in [0.29, 0.717) is 10.9 Å². The van der Waals surface area contributed by atoms with Gasteiger partial charge in [-0.25, -0.2) is 4.68 Å². The van der Waals surface area contributed by atoms with Crippen LogP contribution in [0.4, 0.5) is 0 Å². The average molecular weight is 307 g/mol. The molecule has 1 aromatic carbocycles. The lowest BCUT2D eigenvalue weighted by Gasteiger charge is -2.03. The number of aromatic nitrogens is 3. The molecule has 1 aromatic heterocycles. The molecule has 6 heteroatoms. The molecular weight excluding hydrogens is 301 g/mol. The Balaban J connectivity index is 2.48. The molecule has 0 aliphatic heterocycles. The Morgan fingerprint density at radius 1 is 1.40 bits per heavy atom. The van der Waals surface area contributed by atoms with E-state index >= 15 is 0 Å². The van der Waals surface area contributed by atoms with Crippen molar-refractivity contribution in [2.45, 2.75) is 5.88 Å². The Labute approximate surface area is 105 Å². The minimum Gasteiger partial charge on any atom is -0.219 e. The summed E-state index contributed by atoms with van der Waals surface area (Å²) in [6.07, 6.45) is 1.77. The molecule has 0 unspecified atom stereocenters. The minimum atomic E-state index is 0.345. The Hall–Kier alpha value is -0.580. The van der Waals surface area contributed by atoms with Gasteiger partial charge in [0.2, 0.25) is 0 Å². The Kier molecular flexibility index (Phi) is 3.29. The summed E-state index contributed by atoms with van der Waals surface area (Å²) in [6.45, 7) is 0. The molecule has 3 nitrogen and oxygen atoms in total. The molecule has 0 fully saturated rings. The van der Waals surface area contributed by atoms with E-state index in [0.717, 1.165) is 15.9 Å². The molecule has 0 atom stereocenters.